The van der Waals surface area contributed by atoms with Gasteiger partial charge >= 0.3 is 0 Å². The molecule has 1 amide bonds. The van der Waals surface area contributed by atoms with E-state index in [1.54, 1.807) is 29.0 Å². The summed E-state index contributed by atoms with van der Waals surface area (Å²) in [4.78, 5) is 29.6. The third kappa shape index (κ3) is 4.41. The number of hydrogen-bond acceptors (Lipinski definition) is 4. The smallest absolute Gasteiger partial charge is 0.289 e. The van der Waals surface area contributed by atoms with Gasteiger partial charge in [0, 0.05) is 37.9 Å². The van der Waals surface area contributed by atoms with Gasteiger partial charge in [0.2, 0.25) is 0 Å². The standard InChI is InChI=1S/C26H29N3O3/c30-25-10-4-5-14-28(25)19-22-11-12-24(32-22)26(31)29-16-13-23-21(18-29)9-6-15-27(23)17-20-7-2-1-3-8-20/h1-5,7-8,10-12,14,21,23H,6,9,13,15-19H2/t21-,23-/m1/s1. The summed E-state index contributed by atoms with van der Waals surface area (Å²) in [6.45, 7) is 3.97. The van der Waals surface area contributed by atoms with E-state index in [-0.39, 0.29) is 11.5 Å². The van der Waals surface area contributed by atoms with Crippen LogP contribution in [0.1, 0.15) is 41.1 Å². The van der Waals surface area contributed by atoms with Crippen molar-refractivity contribution in [3.05, 3.63) is 94.3 Å². The Morgan fingerprint density at radius 1 is 0.938 bits per heavy atom. The summed E-state index contributed by atoms with van der Waals surface area (Å²) >= 11 is 0. The van der Waals surface area contributed by atoms with E-state index in [4.69, 9.17) is 4.42 Å². The Kier molecular flexibility index (Phi) is 5.95. The van der Waals surface area contributed by atoms with Gasteiger partial charge in [0.1, 0.15) is 5.76 Å². The number of aromatic nitrogens is 1. The predicted molar refractivity (Wildman–Crippen MR) is 122 cm³/mol. The lowest BCUT2D eigenvalue weighted by Gasteiger charge is -2.47. The second kappa shape index (κ2) is 9.17. The number of rotatable bonds is 5. The van der Waals surface area contributed by atoms with Crippen LogP contribution in [-0.4, -0.2) is 46.0 Å². The summed E-state index contributed by atoms with van der Waals surface area (Å²) in [5, 5.41) is 0. The molecule has 2 fully saturated rings. The van der Waals surface area contributed by atoms with Gasteiger partial charge in [0.15, 0.2) is 5.76 Å². The average molecular weight is 432 g/mol. The lowest BCUT2D eigenvalue weighted by molar-refractivity contribution is 0.0160. The minimum Gasteiger partial charge on any atom is -0.454 e. The topological polar surface area (TPSA) is 58.7 Å². The Morgan fingerprint density at radius 2 is 1.78 bits per heavy atom. The second-order valence-corrected chi connectivity index (χ2v) is 8.90. The van der Waals surface area contributed by atoms with Crippen molar-refractivity contribution in [1.82, 2.24) is 14.4 Å². The number of piperidine rings is 2. The monoisotopic (exact) mass is 431 g/mol. The lowest BCUT2D eigenvalue weighted by Crippen LogP contribution is -2.54. The highest BCUT2D eigenvalue weighted by Gasteiger charge is 2.37. The molecule has 6 heteroatoms. The van der Waals surface area contributed by atoms with Crippen molar-refractivity contribution < 1.29 is 9.21 Å². The van der Waals surface area contributed by atoms with Crippen molar-refractivity contribution in [3.63, 3.8) is 0 Å². The fourth-order valence-corrected chi connectivity index (χ4v) is 5.20. The maximum absolute atomic E-state index is 13.1. The molecule has 0 saturated carbocycles. The molecule has 2 aromatic heterocycles. The molecule has 0 radical (unpaired) electrons. The van der Waals surface area contributed by atoms with Gasteiger partial charge in [-0.3, -0.25) is 14.5 Å². The number of pyridine rings is 1. The molecule has 1 aromatic carbocycles. The van der Waals surface area contributed by atoms with Gasteiger partial charge in [0.25, 0.3) is 11.5 Å². The fourth-order valence-electron chi connectivity index (χ4n) is 5.20. The van der Waals surface area contributed by atoms with Crippen LogP contribution in [0.2, 0.25) is 0 Å². The molecule has 166 valence electrons. The fraction of sp³-hybridized carbons (Fsp3) is 0.385. The minimum atomic E-state index is -0.0868. The van der Waals surface area contributed by atoms with Crippen LogP contribution in [0.4, 0.5) is 0 Å². The Morgan fingerprint density at radius 3 is 2.62 bits per heavy atom. The molecule has 2 aliphatic heterocycles. The van der Waals surface area contributed by atoms with Crippen molar-refractivity contribution in [2.75, 3.05) is 19.6 Å². The van der Waals surface area contributed by atoms with Gasteiger partial charge in [-0.25, -0.2) is 0 Å². The molecule has 6 nitrogen and oxygen atoms in total. The summed E-state index contributed by atoms with van der Waals surface area (Å²) < 4.78 is 7.40. The normalized spacial score (nSPS) is 21.3. The molecule has 0 aliphatic carbocycles. The van der Waals surface area contributed by atoms with E-state index in [0.717, 1.165) is 32.6 Å². The minimum absolute atomic E-state index is 0.0460. The van der Waals surface area contributed by atoms with E-state index in [1.165, 1.54) is 24.5 Å². The molecule has 2 atom stereocenters. The molecule has 0 unspecified atom stereocenters. The highest BCUT2D eigenvalue weighted by Crippen LogP contribution is 2.32. The SMILES string of the molecule is O=C(c1ccc(Cn2ccccc2=O)o1)N1CC[C@@H]2[C@H](CCCN2Cc2ccccc2)C1. The van der Waals surface area contributed by atoms with Gasteiger partial charge < -0.3 is 13.9 Å². The van der Waals surface area contributed by atoms with Gasteiger partial charge in [-0.2, -0.15) is 0 Å². The first kappa shape index (κ1) is 20.8. The van der Waals surface area contributed by atoms with E-state index in [0.29, 0.717) is 30.0 Å². The maximum Gasteiger partial charge on any atom is 0.289 e. The van der Waals surface area contributed by atoms with Gasteiger partial charge in [-0.05, 0) is 55.5 Å². The summed E-state index contributed by atoms with van der Waals surface area (Å²) in [7, 11) is 0. The summed E-state index contributed by atoms with van der Waals surface area (Å²) in [5.74, 6) is 1.43. The zero-order valence-corrected chi connectivity index (χ0v) is 18.2. The average Bonchev–Trinajstić information content (AvgIpc) is 3.29. The number of amides is 1. The van der Waals surface area contributed by atoms with Gasteiger partial charge in [-0.15, -0.1) is 0 Å². The first-order chi connectivity index (χ1) is 15.7. The third-order valence-electron chi connectivity index (χ3n) is 6.80. The molecule has 2 aliphatic rings. The number of likely N-dealkylation sites (tertiary alicyclic amines) is 2. The number of furan rings is 1. The van der Waals surface area contributed by atoms with Crippen LogP contribution >= 0.6 is 0 Å². The van der Waals surface area contributed by atoms with Crippen LogP contribution in [-0.2, 0) is 13.1 Å². The lowest BCUT2D eigenvalue weighted by atomic mass is 9.83. The first-order valence-corrected chi connectivity index (χ1v) is 11.5. The number of fused-ring (bicyclic) bond motifs is 1. The second-order valence-electron chi connectivity index (χ2n) is 8.90. The summed E-state index contributed by atoms with van der Waals surface area (Å²) in [6, 6.07) is 19.8. The molecule has 5 rings (SSSR count). The summed E-state index contributed by atoms with van der Waals surface area (Å²) in [6.07, 6.45) is 5.06. The van der Waals surface area contributed by atoms with Crippen molar-refractivity contribution >= 4 is 5.91 Å². The molecular weight excluding hydrogens is 402 g/mol. The highest BCUT2D eigenvalue weighted by molar-refractivity contribution is 5.91. The van der Waals surface area contributed by atoms with Gasteiger partial charge in [0.05, 0.1) is 6.54 Å². The van der Waals surface area contributed by atoms with Crippen LogP contribution in [0.15, 0.2) is 76.1 Å². The molecule has 32 heavy (non-hydrogen) atoms. The molecule has 0 N–H and O–H groups in total. The van der Waals surface area contributed by atoms with Crippen LogP contribution < -0.4 is 5.56 Å². The van der Waals surface area contributed by atoms with Crippen molar-refractivity contribution in [3.8, 4) is 0 Å². The van der Waals surface area contributed by atoms with E-state index in [2.05, 4.69) is 35.2 Å². The van der Waals surface area contributed by atoms with Crippen molar-refractivity contribution in [1.29, 1.82) is 0 Å². The van der Waals surface area contributed by atoms with Crippen molar-refractivity contribution in [2.45, 2.75) is 38.4 Å². The zero-order chi connectivity index (χ0) is 21.9. The molecule has 0 spiro atoms. The van der Waals surface area contributed by atoms with Gasteiger partial charge in [-0.1, -0.05) is 36.4 Å². The molecule has 2 saturated heterocycles. The van der Waals surface area contributed by atoms with Crippen LogP contribution in [0.3, 0.4) is 0 Å². The molecule has 3 aromatic rings. The van der Waals surface area contributed by atoms with Crippen molar-refractivity contribution in [2.24, 2.45) is 5.92 Å². The third-order valence-corrected chi connectivity index (χ3v) is 6.80. The maximum atomic E-state index is 13.1. The molecular formula is C26H29N3O3. The largest absolute Gasteiger partial charge is 0.454 e. The van der Waals surface area contributed by atoms with Crippen LogP contribution in [0, 0.1) is 5.92 Å². The Balaban J connectivity index is 1.23. The number of hydrogen-bond donors (Lipinski definition) is 0. The number of nitrogens with zero attached hydrogens (tertiary/aromatic N) is 3. The quantitative estimate of drug-likeness (QED) is 0.619. The zero-order valence-electron chi connectivity index (χ0n) is 18.2. The van der Waals surface area contributed by atoms with Crippen LogP contribution in [0.5, 0.6) is 0 Å². The van der Waals surface area contributed by atoms with E-state index in [1.807, 2.05) is 11.0 Å². The number of carbonyl (C=O) groups excluding carboxylic acids is 1. The Hall–Kier alpha value is -3.12. The van der Waals surface area contributed by atoms with Crippen LogP contribution in [0.25, 0.3) is 0 Å². The number of benzene rings is 1. The highest BCUT2D eigenvalue weighted by atomic mass is 16.4. The summed E-state index contributed by atoms with van der Waals surface area (Å²) in [5.41, 5.74) is 1.27. The Labute approximate surface area is 188 Å². The number of carbonyl (C=O) groups is 1. The Bertz CT molecular complexity index is 1120. The van der Waals surface area contributed by atoms with E-state index < -0.39 is 0 Å². The van der Waals surface area contributed by atoms with E-state index in [9.17, 15) is 9.59 Å². The molecule has 4 heterocycles. The predicted octanol–water partition coefficient (Wildman–Crippen LogP) is 3.62. The first-order valence-electron chi connectivity index (χ1n) is 11.5. The van der Waals surface area contributed by atoms with E-state index >= 15 is 0 Å². The molecule has 0 bridgehead atoms.